The molecule has 3 rings (SSSR count). The molecular weight excluding hydrogens is 283 g/mol. The average Bonchev–Trinajstić information content (AvgIpc) is 3.03. The number of benzene rings is 1. The summed E-state index contributed by atoms with van der Waals surface area (Å²) in [4.78, 5) is 11.7. The average molecular weight is 294 g/mol. The van der Waals surface area contributed by atoms with Crippen LogP contribution in [0.2, 0.25) is 0 Å². The van der Waals surface area contributed by atoms with Gasteiger partial charge in [0.25, 0.3) is 5.91 Å². The van der Waals surface area contributed by atoms with Crippen LogP contribution < -0.4 is 10.1 Å². The number of amides is 1. The SMILES string of the molecule is O=C(COc1ccccc1F)Nc1onc2c1CSC2. The molecule has 1 amide bonds. The van der Waals surface area contributed by atoms with Gasteiger partial charge in [-0.05, 0) is 12.1 Å². The smallest absolute Gasteiger partial charge is 0.264 e. The molecule has 0 spiro atoms. The van der Waals surface area contributed by atoms with E-state index in [0.29, 0.717) is 5.88 Å². The lowest BCUT2D eigenvalue weighted by Crippen LogP contribution is -2.20. The number of carbonyl (C=O) groups is 1. The molecule has 0 fully saturated rings. The molecule has 1 N–H and O–H groups in total. The lowest BCUT2D eigenvalue weighted by molar-refractivity contribution is -0.118. The molecular formula is C13H11FN2O3S. The number of nitrogens with zero attached hydrogens (tertiary/aromatic N) is 1. The van der Waals surface area contributed by atoms with E-state index in [1.165, 1.54) is 12.1 Å². The summed E-state index contributed by atoms with van der Waals surface area (Å²) in [7, 11) is 0. The van der Waals surface area contributed by atoms with E-state index in [9.17, 15) is 9.18 Å². The standard InChI is InChI=1S/C13H11FN2O3S/c14-9-3-1-2-4-11(9)18-5-12(17)15-13-8-6-20-7-10(8)16-19-13/h1-4H,5-7H2,(H,15,17). The highest BCUT2D eigenvalue weighted by Crippen LogP contribution is 2.34. The monoisotopic (exact) mass is 294 g/mol. The zero-order chi connectivity index (χ0) is 13.9. The highest BCUT2D eigenvalue weighted by molar-refractivity contribution is 7.98. The van der Waals surface area contributed by atoms with E-state index in [2.05, 4.69) is 10.5 Å². The molecule has 1 aliphatic heterocycles. The number of hydrogen-bond donors (Lipinski definition) is 1. The van der Waals surface area contributed by atoms with Crippen LogP contribution in [-0.4, -0.2) is 17.7 Å². The molecule has 20 heavy (non-hydrogen) atoms. The van der Waals surface area contributed by atoms with E-state index in [0.717, 1.165) is 22.8 Å². The zero-order valence-electron chi connectivity index (χ0n) is 10.4. The van der Waals surface area contributed by atoms with Gasteiger partial charge in [-0.25, -0.2) is 4.39 Å². The highest BCUT2D eigenvalue weighted by Gasteiger charge is 2.22. The van der Waals surface area contributed by atoms with E-state index < -0.39 is 11.7 Å². The number of thioether (sulfide) groups is 1. The molecule has 2 heterocycles. The van der Waals surface area contributed by atoms with Crippen LogP contribution in [0.1, 0.15) is 11.3 Å². The minimum absolute atomic E-state index is 0.0426. The Morgan fingerprint density at radius 1 is 1.45 bits per heavy atom. The number of ether oxygens (including phenoxy) is 1. The molecule has 104 valence electrons. The Hall–Kier alpha value is -2.02. The number of hydrogen-bond acceptors (Lipinski definition) is 5. The number of fused-ring (bicyclic) bond motifs is 1. The van der Waals surface area contributed by atoms with E-state index in [1.54, 1.807) is 23.9 Å². The van der Waals surface area contributed by atoms with Gasteiger partial charge < -0.3 is 9.26 Å². The third-order valence-corrected chi connectivity index (χ3v) is 3.77. The first kappa shape index (κ1) is 13.0. The Bertz CT molecular complexity index is 644. The Morgan fingerprint density at radius 2 is 2.30 bits per heavy atom. The lowest BCUT2D eigenvalue weighted by atomic mass is 10.3. The van der Waals surface area contributed by atoms with Crippen molar-refractivity contribution < 1.29 is 18.4 Å². The van der Waals surface area contributed by atoms with E-state index in [1.807, 2.05) is 0 Å². The van der Waals surface area contributed by atoms with Crippen LogP contribution in [-0.2, 0) is 16.3 Å². The number of nitrogens with one attached hydrogen (secondary N) is 1. The molecule has 0 atom stereocenters. The second-order valence-corrected chi connectivity index (χ2v) is 5.18. The molecule has 0 unspecified atom stereocenters. The van der Waals surface area contributed by atoms with Gasteiger partial charge in [0.15, 0.2) is 18.2 Å². The van der Waals surface area contributed by atoms with Crippen LogP contribution in [0.3, 0.4) is 0 Å². The number of halogens is 1. The normalized spacial score (nSPS) is 13.1. The maximum atomic E-state index is 13.3. The van der Waals surface area contributed by atoms with Crippen LogP contribution in [0.4, 0.5) is 10.3 Å². The molecule has 0 aliphatic carbocycles. The minimum atomic E-state index is -0.503. The van der Waals surface area contributed by atoms with Crippen LogP contribution in [0.15, 0.2) is 28.8 Å². The number of rotatable bonds is 4. The van der Waals surface area contributed by atoms with Crippen molar-refractivity contribution in [3.63, 3.8) is 0 Å². The third kappa shape index (κ3) is 2.62. The van der Waals surface area contributed by atoms with Crippen LogP contribution in [0, 0.1) is 5.82 Å². The zero-order valence-corrected chi connectivity index (χ0v) is 11.2. The fraction of sp³-hybridized carbons (Fsp3) is 0.231. The van der Waals surface area contributed by atoms with Crippen molar-refractivity contribution in [3.05, 3.63) is 41.3 Å². The van der Waals surface area contributed by atoms with Crippen LogP contribution in [0.5, 0.6) is 5.75 Å². The van der Waals surface area contributed by atoms with Gasteiger partial charge in [-0.1, -0.05) is 17.3 Å². The van der Waals surface area contributed by atoms with Crippen molar-refractivity contribution in [2.24, 2.45) is 0 Å². The summed E-state index contributed by atoms with van der Waals surface area (Å²) in [5.41, 5.74) is 1.77. The fourth-order valence-electron chi connectivity index (χ4n) is 1.82. The Morgan fingerprint density at radius 3 is 3.15 bits per heavy atom. The maximum absolute atomic E-state index is 13.3. The van der Waals surface area contributed by atoms with Gasteiger partial charge in [-0.3, -0.25) is 10.1 Å². The summed E-state index contributed by atoms with van der Waals surface area (Å²) in [5.74, 6) is 1.04. The molecule has 0 bridgehead atoms. The summed E-state index contributed by atoms with van der Waals surface area (Å²) in [6.45, 7) is -0.288. The predicted octanol–water partition coefficient (Wildman–Crippen LogP) is 2.58. The van der Waals surface area contributed by atoms with Crippen molar-refractivity contribution in [1.82, 2.24) is 5.16 Å². The van der Waals surface area contributed by atoms with Crippen molar-refractivity contribution in [1.29, 1.82) is 0 Å². The molecule has 7 heteroatoms. The Balaban J connectivity index is 1.59. The molecule has 0 saturated carbocycles. The number of carbonyl (C=O) groups excluding carboxylic acids is 1. The first-order valence-electron chi connectivity index (χ1n) is 5.96. The summed E-state index contributed by atoms with van der Waals surface area (Å²) in [6, 6.07) is 5.92. The predicted molar refractivity (Wildman–Crippen MR) is 72.0 cm³/mol. The summed E-state index contributed by atoms with van der Waals surface area (Å²) in [6.07, 6.45) is 0. The van der Waals surface area contributed by atoms with Gasteiger partial charge in [-0.15, -0.1) is 0 Å². The topological polar surface area (TPSA) is 64.4 Å². The van der Waals surface area contributed by atoms with Crippen molar-refractivity contribution >= 4 is 23.6 Å². The quantitative estimate of drug-likeness (QED) is 0.939. The van der Waals surface area contributed by atoms with Gasteiger partial charge in [0.2, 0.25) is 5.88 Å². The van der Waals surface area contributed by atoms with E-state index in [-0.39, 0.29) is 12.4 Å². The van der Waals surface area contributed by atoms with Gasteiger partial charge in [-0.2, -0.15) is 11.8 Å². The first-order valence-corrected chi connectivity index (χ1v) is 7.12. The highest BCUT2D eigenvalue weighted by atomic mass is 32.2. The molecule has 0 radical (unpaired) electrons. The lowest BCUT2D eigenvalue weighted by Gasteiger charge is -2.06. The fourth-order valence-corrected chi connectivity index (χ4v) is 2.84. The second-order valence-electron chi connectivity index (χ2n) is 4.20. The van der Waals surface area contributed by atoms with Gasteiger partial charge in [0.1, 0.15) is 0 Å². The summed E-state index contributed by atoms with van der Waals surface area (Å²) < 4.78 is 23.5. The molecule has 5 nitrogen and oxygen atoms in total. The van der Waals surface area contributed by atoms with Crippen molar-refractivity contribution in [2.75, 3.05) is 11.9 Å². The third-order valence-electron chi connectivity index (χ3n) is 2.80. The van der Waals surface area contributed by atoms with Gasteiger partial charge >= 0.3 is 0 Å². The summed E-state index contributed by atoms with van der Waals surface area (Å²) >= 11 is 1.71. The maximum Gasteiger partial charge on any atom is 0.264 e. The van der Waals surface area contributed by atoms with Crippen LogP contribution >= 0.6 is 11.8 Å². The number of aromatic nitrogens is 1. The number of para-hydroxylation sites is 1. The molecule has 1 aliphatic rings. The van der Waals surface area contributed by atoms with E-state index >= 15 is 0 Å². The Kier molecular flexibility index (Phi) is 3.60. The molecule has 1 aromatic carbocycles. The van der Waals surface area contributed by atoms with Gasteiger partial charge in [0.05, 0.1) is 11.3 Å². The van der Waals surface area contributed by atoms with Crippen molar-refractivity contribution in [3.8, 4) is 5.75 Å². The molecule has 0 saturated heterocycles. The molecule has 2 aromatic rings. The van der Waals surface area contributed by atoms with Crippen molar-refractivity contribution in [2.45, 2.75) is 11.5 Å². The molecule has 1 aromatic heterocycles. The summed E-state index contributed by atoms with van der Waals surface area (Å²) in [5, 5.41) is 6.45. The van der Waals surface area contributed by atoms with Gasteiger partial charge in [0, 0.05) is 11.5 Å². The second kappa shape index (κ2) is 5.54. The van der Waals surface area contributed by atoms with E-state index in [4.69, 9.17) is 9.26 Å². The first-order chi connectivity index (χ1) is 9.74. The largest absolute Gasteiger partial charge is 0.481 e. The number of anilines is 1. The van der Waals surface area contributed by atoms with Crippen LogP contribution in [0.25, 0.3) is 0 Å². The minimum Gasteiger partial charge on any atom is -0.481 e. The Labute approximate surface area is 118 Å².